The first-order valence-corrected chi connectivity index (χ1v) is 10.7. The van der Waals surface area contributed by atoms with E-state index in [0.29, 0.717) is 12.8 Å². The molecule has 0 saturated heterocycles. The van der Waals surface area contributed by atoms with Crippen LogP contribution in [0.3, 0.4) is 0 Å². The molecule has 0 unspecified atom stereocenters. The largest absolute Gasteiger partial charge is 0.428 e. The lowest BCUT2D eigenvalue weighted by Gasteiger charge is -2.06. The van der Waals surface area contributed by atoms with Gasteiger partial charge in [-0.15, -0.1) is 0 Å². The van der Waals surface area contributed by atoms with Crippen molar-refractivity contribution in [3.8, 4) is 0 Å². The normalized spacial score (nSPS) is 10.7. The maximum absolute atomic E-state index is 11.5. The molecule has 2 N–H and O–H groups in total. The third-order valence-electron chi connectivity index (χ3n) is 4.52. The molecule has 6 heteroatoms. The van der Waals surface area contributed by atoms with E-state index < -0.39 is 0 Å². The molecule has 0 aromatic rings. The molecule has 0 aromatic heterocycles. The molecule has 0 saturated carbocycles. The van der Waals surface area contributed by atoms with Crippen LogP contribution < -0.4 is 0 Å². The molecule has 0 aromatic carbocycles. The minimum Gasteiger partial charge on any atom is -0.428 e. The number of aliphatic hydroxyl groups is 2. The van der Waals surface area contributed by atoms with Gasteiger partial charge >= 0.3 is 11.9 Å². The fourth-order valence-electron chi connectivity index (χ4n) is 2.84. The smallest absolute Gasteiger partial charge is 0.308 e. The molecule has 0 spiro atoms. The monoisotopic (exact) mass is 388 g/mol. The number of carbonyl (C=O) groups is 2. The second-order valence-electron chi connectivity index (χ2n) is 7.05. The van der Waals surface area contributed by atoms with Crippen molar-refractivity contribution in [3.63, 3.8) is 0 Å². The second-order valence-corrected chi connectivity index (χ2v) is 7.05. The lowest BCUT2D eigenvalue weighted by molar-refractivity contribution is -0.167. The summed E-state index contributed by atoms with van der Waals surface area (Å²) in [5, 5.41) is 17.4. The van der Waals surface area contributed by atoms with Crippen molar-refractivity contribution >= 4 is 11.9 Å². The molecule has 27 heavy (non-hydrogen) atoms. The predicted molar refractivity (Wildman–Crippen MR) is 105 cm³/mol. The van der Waals surface area contributed by atoms with Crippen molar-refractivity contribution in [1.82, 2.24) is 0 Å². The van der Waals surface area contributed by atoms with Gasteiger partial charge in [-0.3, -0.25) is 9.59 Å². The zero-order valence-corrected chi connectivity index (χ0v) is 17.0. The zero-order chi connectivity index (χ0) is 20.0. The zero-order valence-electron chi connectivity index (χ0n) is 17.0. The van der Waals surface area contributed by atoms with E-state index in [0.717, 1.165) is 89.9 Å². The molecular weight excluding hydrogens is 348 g/mol. The minimum absolute atomic E-state index is 0.266. The van der Waals surface area contributed by atoms with Gasteiger partial charge in [0.05, 0.1) is 0 Å². The van der Waals surface area contributed by atoms with E-state index in [1.807, 2.05) is 0 Å². The quantitative estimate of drug-likeness (QED) is 0.184. The van der Waals surface area contributed by atoms with Crippen molar-refractivity contribution in [2.24, 2.45) is 0 Å². The average molecular weight is 389 g/mol. The molecule has 0 aliphatic rings. The maximum Gasteiger partial charge on any atom is 0.308 e. The van der Waals surface area contributed by atoms with Crippen LogP contribution in [-0.2, 0) is 19.1 Å². The third kappa shape index (κ3) is 21.0. The number of ether oxygens (including phenoxy) is 2. The third-order valence-corrected chi connectivity index (χ3v) is 4.52. The summed E-state index contributed by atoms with van der Waals surface area (Å²) in [4.78, 5) is 23.1. The summed E-state index contributed by atoms with van der Waals surface area (Å²) in [7, 11) is 0. The fourth-order valence-corrected chi connectivity index (χ4v) is 2.84. The van der Waals surface area contributed by atoms with Gasteiger partial charge < -0.3 is 19.7 Å². The molecule has 0 aliphatic heterocycles. The standard InChI is InChI=1S/C21H40O6/c22-17-13-9-5-1-3-7-11-15-20(24)26-19-27-21(25)16-12-8-4-2-6-10-14-18-23/h22-23H,1-19H2. The molecule has 6 nitrogen and oxygen atoms in total. The maximum atomic E-state index is 11.5. The lowest BCUT2D eigenvalue weighted by atomic mass is 10.1. The highest BCUT2D eigenvalue weighted by Gasteiger charge is 2.06. The number of rotatable bonds is 20. The first-order valence-electron chi connectivity index (χ1n) is 10.7. The molecule has 0 atom stereocenters. The van der Waals surface area contributed by atoms with Crippen LogP contribution >= 0.6 is 0 Å². The fraction of sp³-hybridized carbons (Fsp3) is 0.905. The van der Waals surface area contributed by atoms with Crippen LogP contribution in [0.1, 0.15) is 103 Å². The summed E-state index contributed by atoms with van der Waals surface area (Å²) < 4.78 is 9.85. The first-order chi connectivity index (χ1) is 13.2. The molecule has 0 amide bonds. The Labute approximate surface area is 164 Å². The van der Waals surface area contributed by atoms with Crippen molar-refractivity contribution < 1.29 is 29.3 Å². The van der Waals surface area contributed by atoms with E-state index in [1.54, 1.807) is 0 Å². The highest BCUT2D eigenvalue weighted by Crippen LogP contribution is 2.10. The van der Waals surface area contributed by atoms with Crippen LogP contribution in [0, 0.1) is 0 Å². The van der Waals surface area contributed by atoms with Crippen molar-refractivity contribution in [1.29, 1.82) is 0 Å². The van der Waals surface area contributed by atoms with Gasteiger partial charge in [-0.2, -0.15) is 0 Å². The van der Waals surface area contributed by atoms with E-state index in [9.17, 15) is 9.59 Å². The van der Waals surface area contributed by atoms with Gasteiger partial charge in [-0.05, 0) is 25.7 Å². The van der Waals surface area contributed by atoms with E-state index in [4.69, 9.17) is 19.7 Å². The minimum atomic E-state index is -0.314. The van der Waals surface area contributed by atoms with E-state index in [2.05, 4.69) is 0 Å². The van der Waals surface area contributed by atoms with Crippen LogP contribution in [0.4, 0.5) is 0 Å². The molecule has 0 radical (unpaired) electrons. The number of unbranched alkanes of at least 4 members (excludes halogenated alkanes) is 12. The van der Waals surface area contributed by atoms with Gasteiger partial charge in [-0.1, -0.05) is 64.2 Å². The Kier molecular flexibility index (Phi) is 20.3. The second kappa shape index (κ2) is 21.2. The van der Waals surface area contributed by atoms with E-state index in [1.165, 1.54) is 0 Å². The average Bonchev–Trinajstić information content (AvgIpc) is 2.66. The van der Waals surface area contributed by atoms with Crippen molar-refractivity contribution in [3.05, 3.63) is 0 Å². The number of esters is 2. The van der Waals surface area contributed by atoms with E-state index >= 15 is 0 Å². The van der Waals surface area contributed by atoms with Crippen LogP contribution in [0.2, 0.25) is 0 Å². The van der Waals surface area contributed by atoms with Crippen molar-refractivity contribution in [2.45, 2.75) is 103 Å². The summed E-state index contributed by atoms with van der Waals surface area (Å²) in [6, 6.07) is 0. The molecule has 0 rings (SSSR count). The van der Waals surface area contributed by atoms with Gasteiger partial charge in [-0.25, -0.2) is 0 Å². The lowest BCUT2D eigenvalue weighted by Crippen LogP contribution is -2.12. The van der Waals surface area contributed by atoms with Gasteiger partial charge in [0.1, 0.15) is 0 Å². The van der Waals surface area contributed by atoms with Crippen LogP contribution in [0.15, 0.2) is 0 Å². The number of aliphatic hydroxyl groups excluding tert-OH is 2. The topological polar surface area (TPSA) is 93.1 Å². The Balaban J connectivity index is 3.31. The highest BCUT2D eigenvalue weighted by atomic mass is 16.7. The SMILES string of the molecule is O=C(CCCCCCCCCO)OCOC(=O)CCCCCCCCCO. The summed E-state index contributed by atoms with van der Waals surface area (Å²) in [5.41, 5.74) is 0. The molecule has 0 bridgehead atoms. The summed E-state index contributed by atoms with van der Waals surface area (Å²) in [6.07, 6.45) is 14.9. The number of hydrogen-bond donors (Lipinski definition) is 2. The Bertz CT molecular complexity index is 314. The van der Waals surface area contributed by atoms with E-state index in [-0.39, 0.29) is 31.9 Å². The summed E-state index contributed by atoms with van der Waals surface area (Å²) in [5.74, 6) is -0.628. The Hall–Kier alpha value is -1.14. The Morgan fingerprint density at radius 2 is 0.778 bits per heavy atom. The molecule has 0 fully saturated rings. The van der Waals surface area contributed by atoms with Crippen LogP contribution in [-0.4, -0.2) is 42.2 Å². The van der Waals surface area contributed by atoms with Gasteiger partial charge in [0.25, 0.3) is 0 Å². The molecule has 0 heterocycles. The van der Waals surface area contributed by atoms with Gasteiger partial charge in [0.15, 0.2) is 0 Å². The predicted octanol–water partition coefficient (Wildman–Crippen LogP) is 4.26. The van der Waals surface area contributed by atoms with Crippen LogP contribution in [0.25, 0.3) is 0 Å². The Morgan fingerprint density at radius 3 is 1.11 bits per heavy atom. The molecule has 160 valence electrons. The molecule has 0 aliphatic carbocycles. The van der Waals surface area contributed by atoms with Gasteiger partial charge in [0.2, 0.25) is 6.79 Å². The van der Waals surface area contributed by atoms with Crippen LogP contribution in [0.5, 0.6) is 0 Å². The molecular formula is C21H40O6. The Morgan fingerprint density at radius 1 is 0.481 bits per heavy atom. The summed E-state index contributed by atoms with van der Waals surface area (Å²) in [6.45, 7) is 0.255. The number of carbonyl (C=O) groups excluding carboxylic acids is 2. The van der Waals surface area contributed by atoms with Gasteiger partial charge in [0, 0.05) is 26.1 Å². The number of hydrogen-bond acceptors (Lipinski definition) is 6. The first kappa shape index (κ1) is 25.9. The van der Waals surface area contributed by atoms with Crippen molar-refractivity contribution in [2.75, 3.05) is 20.0 Å². The summed E-state index contributed by atoms with van der Waals surface area (Å²) >= 11 is 0. The highest BCUT2D eigenvalue weighted by molar-refractivity contribution is 5.70.